The summed E-state index contributed by atoms with van der Waals surface area (Å²) in [5.74, 6) is 0. The highest BCUT2D eigenvalue weighted by Gasteiger charge is 2.04. The molecule has 0 nitrogen and oxygen atoms in total. The van der Waals surface area contributed by atoms with Gasteiger partial charge in [0.2, 0.25) is 0 Å². The average Bonchev–Trinajstić information content (AvgIpc) is 1.82. The van der Waals surface area contributed by atoms with Crippen LogP contribution in [0.5, 0.6) is 0 Å². The highest BCUT2D eigenvalue weighted by Crippen LogP contribution is 2.29. The Hall–Kier alpha value is 0.430. The van der Waals surface area contributed by atoms with E-state index in [0.29, 0.717) is 0 Å². The van der Waals surface area contributed by atoms with Crippen molar-refractivity contribution < 1.29 is 0 Å². The second-order valence-corrected chi connectivity index (χ2v) is 5.14. The van der Waals surface area contributed by atoms with E-state index in [1.54, 1.807) is 0 Å². The Morgan fingerprint density at radius 1 is 1.11 bits per heavy atom. The van der Waals surface area contributed by atoms with Gasteiger partial charge in [0, 0.05) is 0 Å². The molecule has 56 valence electrons. The molecular weight excluding hydrogens is 127 g/mol. The second kappa shape index (κ2) is 5.23. The third-order valence-electron chi connectivity index (χ3n) is 1.55. The maximum Gasteiger partial charge on any atom is -0.0240 e. The molecule has 0 aromatic rings. The minimum Gasteiger partial charge on any atom is -0.116 e. The van der Waals surface area contributed by atoms with Gasteiger partial charge in [0.1, 0.15) is 0 Å². The third kappa shape index (κ3) is 4.90. The first-order valence-electron chi connectivity index (χ1n) is 3.96. The van der Waals surface area contributed by atoms with Crippen molar-refractivity contribution in [3.63, 3.8) is 0 Å². The molecule has 0 radical (unpaired) electrons. The lowest BCUT2D eigenvalue weighted by Gasteiger charge is -2.14. The summed E-state index contributed by atoms with van der Waals surface area (Å²) < 4.78 is 0. The predicted octanol–water partition coefficient (Wildman–Crippen LogP) is 3.26. The van der Waals surface area contributed by atoms with Crippen molar-refractivity contribution in [2.75, 3.05) is 0 Å². The molecule has 0 aliphatic rings. The Morgan fingerprint density at radius 2 is 1.56 bits per heavy atom. The number of hydrogen-bond acceptors (Lipinski definition) is 0. The topological polar surface area (TPSA) is 0 Å². The summed E-state index contributed by atoms with van der Waals surface area (Å²) in [6.45, 7) is 9.22. The van der Waals surface area contributed by atoms with Gasteiger partial charge in [-0.15, -0.1) is 8.58 Å². The van der Waals surface area contributed by atoms with Gasteiger partial charge in [0.25, 0.3) is 0 Å². The summed E-state index contributed by atoms with van der Waals surface area (Å²) in [5.41, 5.74) is 1.92. The van der Waals surface area contributed by atoms with E-state index in [4.69, 9.17) is 0 Å². The SMILES string of the molecule is CCC(CC)PC(C)C. The van der Waals surface area contributed by atoms with Crippen molar-refractivity contribution >= 4 is 8.58 Å². The van der Waals surface area contributed by atoms with Crippen LogP contribution in [0.2, 0.25) is 0 Å². The lowest BCUT2D eigenvalue weighted by molar-refractivity contribution is 0.779. The van der Waals surface area contributed by atoms with Crippen LogP contribution in [0.4, 0.5) is 0 Å². The highest BCUT2D eigenvalue weighted by atomic mass is 31.1. The fourth-order valence-corrected chi connectivity index (χ4v) is 2.41. The number of hydrogen-bond donors (Lipinski definition) is 0. The summed E-state index contributed by atoms with van der Waals surface area (Å²) >= 11 is 0. The second-order valence-electron chi connectivity index (χ2n) is 2.83. The van der Waals surface area contributed by atoms with Crippen LogP contribution in [-0.2, 0) is 0 Å². The van der Waals surface area contributed by atoms with E-state index in [9.17, 15) is 0 Å². The lowest BCUT2D eigenvalue weighted by Crippen LogP contribution is -1.99. The number of rotatable bonds is 4. The van der Waals surface area contributed by atoms with Gasteiger partial charge in [-0.1, -0.05) is 27.7 Å². The van der Waals surface area contributed by atoms with Gasteiger partial charge in [-0.05, 0) is 24.2 Å². The minimum absolute atomic E-state index is 0.912. The molecule has 1 unspecified atom stereocenters. The molecule has 0 amide bonds. The molecule has 0 fully saturated rings. The smallest absolute Gasteiger partial charge is 0.0240 e. The minimum atomic E-state index is 0.912. The van der Waals surface area contributed by atoms with Crippen LogP contribution >= 0.6 is 8.58 Å². The van der Waals surface area contributed by atoms with E-state index in [1.165, 1.54) is 21.4 Å². The van der Waals surface area contributed by atoms with Crippen molar-refractivity contribution in [1.82, 2.24) is 0 Å². The van der Waals surface area contributed by atoms with E-state index in [2.05, 4.69) is 27.7 Å². The Labute approximate surface area is 61.2 Å². The molecule has 1 heteroatoms. The van der Waals surface area contributed by atoms with Crippen LogP contribution in [0, 0.1) is 0 Å². The van der Waals surface area contributed by atoms with Crippen molar-refractivity contribution in [3.05, 3.63) is 0 Å². The van der Waals surface area contributed by atoms with Gasteiger partial charge < -0.3 is 0 Å². The largest absolute Gasteiger partial charge is 0.116 e. The van der Waals surface area contributed by atoms with Crippen molar-refractivity contribution in [2.24, 2.45) is 0 Å². The quantitative estimate of drug-likeness (QED) is 0.534. The normalized spacial score (nSPS) is 12.7. The summed E-state index contributed by atoms with van der Waals surface area (Å²) in [4.78, 5) is 0. The van der Waals surface area contributed by atoms with E-state index < -0.39 is 0 Å². The molecule has 0 rings (SSSR count). The fourth-order valence-electron chi connectivity index (χ4n) is 0.996. The van der Waals surface area contributed by atoms with Crippen LogP contribution in [0.1, 0.15) is 40.5 Å². The van der Waals surface area contributed by atoms with Crippen LogP contribution in [0.3, 0.4) is 0 Å². The molecule has 0 saturated heterocycles. The van der Waals surface area contributed by atoms with Gasteiger partial charge in [-0.2, -0.15) is 0 Å². The first kappa shape index (κ1) is 9.43. The molecule has 1 atom stereocenters. The zero-order valence-electron chi connectivity index (χ0n) is 7.07. The Kier molecular flexibility index (Phi) is 5.48. The lowest BCUT2D eigenvalue weighted by atomic mass is 10.3. The molecule has 0 aliphatic carbocycles. The zero-order chi connectivity index (χ0) is 7.28. The van der Waals surface area contributed by atoms with Crippen LogP contribution in [0.15, 0.2) is 0 Å². The van der Waals surface area contributed by atoms with Gasteiger partial charge in [-0.3, -0.25) is 0 Å². The molecule has 0 aromatic carbocycles. The molecule has 0 bridgehead atoms. The fraction of sp³-hybridized carbons (Fsp3) is 1.00. The predicted molar refractivity (Wildman–Crippen MR) is 47.8 cm³/mol. The maximum absolute atomic E-state index is 2.32. The molecule has 0 heterocycles. The summed E-state index contributed by atoms with van der Waals surface area (Å²) in [7, 11) is 1.18. The summed E-state index contributed by atoms with van der Waals surface area (Å²) in [5, 5.41) is 0. The van der Waals surface area contributed by atoms with Gasteiger partial charge in [0.15, 0.2) is 0 Å². The first-order chi connectivity index (χ1) is 4.20. The molecular formula is C8H19P. The van der Waals surface area contributed by atoms with Crippen LogP contribution < -0.4 is 0 Å². The summed E-state index contributed by atoms with van der Waals surface area (Å²) in [6, 6.07) is 0. The average molecular weight is 146 g/mol. The summed E-state index contributed by atoms with van der Waals surface area (Å²) in [6.07, 6.45) is 2.74. The third-order valence-corrected chi connectivity index (χ3v) is 3.51. The van der Waals surface area contributed by atoms with E-state index in [0.717, 1.165) is 11.3 Å². The molecule has 0 aromatic heterocycles. The Bertz CT molecular complexity index is 55.6. The van der Waals surface area contributed by atoms with Gasteiger partial charge in [0.05, 0.1) is 0 Å². The zero-order valence-corrected chi connectivity index (χ0v) is 8.07. The van der Waals surface area contributed by atoms with E-state index in [1.807, 2.05) is 0 Å². The monoisotopic (exact) mass is 146 g/mol. The van der Waals surface area contributed by atoms with Gasteiger partial charge >= 0.3 is 0 Å². The van der Waals surface area contributed by atoms with Crippen LogP contribution in [-0.4, -0.2) is 11.3 Å². The van der Waals surface area contributed by atoms with Crippen LogP contribution in [0.25, 0.3) is 0 Å². The Balaban J connectivity index is 3.31. The maximum atomic E-state index is 2.32. The van der Waals surface area contributed by atoms with E-state index in [-0.39, 0.29) is 0 Å². The van der Waals surface area contributed by atoms with Crippen molar-refractivity contribution in [3.8, 4) is 0 Å². The highest BCUT2D eigenvalue weighted by molar-refractivity contribution is 7.39. The molecule has 0 N–H and O–H groups in total. The van der Waals surface area contributed by atoms with Gasteiger partial charge in [-0.25, -0.2) is 0 Å². The standard InChI is InChI=1S/C8H19P/c1-5-8(6-2)9-7(3)4/h7-9H,5-6H2,1-4H3. The van der Waals surface area contributed by atoms with Crippen molar-refractivity contribution in [2.45, 2.75) is 51.9 Å². The molecule has 0 aliphatic heterocycles. The van der Waals surface area contributed by atoms with Crippen molar-refractivity contribution in [1.29, 1.82) is 0 Å². The van der Waals surface area contributed by atoms with E-state index >= 15 is 0 Å². The first-order valence-corrected chi connectivity index (χ1v) is 5.12. The molecule has 9 heavy (non-hydrogen) atoms. The molecule has 0 spiro atoms. The molecule has 0 saturated carbocycles. The Morgan fingerprint density at radius 3 is 1.67 bits per heavy atom.